The highest BCUT2D eigenvalue weighted by molar-refractivity contribution is 5.89. The van der Waals surface area contributed by atoms with Crippen molar-refractivity contribution in [3.63, 3.8) is 0 Å². The number of carbonyl (C=O) groups is 2. The van der Waals surface area contributed by atoms with Gasteiger partial charge in [-0.05, 0) is 49.6 Å². The third kappa shape index (κ3) is 7.37. The number of hydrogen-bond acceptors (Lipinski definition) is 4. The van der Waals surface area contributed by atoms with Gasteiger partial charge in [-0.15, -0.1) is 0 Å². The van der Waals surface area contributed by atoms with Crippen LogP contribution in [0.25, 0.3) is 0 Å². The van der Waals surface area contributed by atoms with Gasteiger partial charge in [0, 0.05) is 50.6 Å². The Labute approximate surface area is 178 Å². The fourth-order valence-corrected chi connectivity index (χ4v) is 3.63. The lowest BCUT2D eigenvalue weighted by Gasteiger charge is -2.36. The standard InChI is InChI=1S/C20H26N2.C4H4O4/c1-16-13-17(2)20(18(3)14-16)15-21-9-11-22(12-10-21)19-7-5-4-6-8-19;5-3(6)1-2-4(7)8/h4-8,13-14H,9-12,15H2,1-3H3;1-2H,(H,5,6)(H,7,8)/b;2-1-. The Hall–Kier alpha value is -3.12. The zero-order valence-electron chi connectivity index (χ0n) is 17.8. The van der Waals surface area contributed by atoms with E-state index >= 15 is 0 Å². The first-order valence-corrected chi connectivity index (χ1v) is 9.99. The molecule has 1 fully saturated rings. The molecule has 0 atom stereocenters. The van der Waals surface area contributed by atoms with Crippen molar-refractivity contribution >= 4 is 17.6 Å². The number of aryl methyl sites for hydroxylation is 3. The van der Waals surface area contributed by atoms with Crippen LogP contribution in [0.1, 0.15) is 22.3 Å². The molecule has 1 heterocycles. The molecule has 0 radical (unpaired) electrons. The molecule has 1 aliphatic rings. The second-order valence-corrected chi connectivity index (χ2v) is 7.49. The van der Waals surface area contributed by atoms with Gasteiger partial charge in [0.2, 0.25) is 0 Å². The third-order valence-electron chi connectivity index (χ3n) is 5.08. The number of carboxylic acids is 2. The summed E-state index contributed by atoms with van der Waals surface area (Å²) in [6.07, 6.45) is 1.12. The Morgan fingerprint density at radius 1 is 0.867 bits per heavy atom. The van der Waals surface area contributed by atoms with Crippen molar-refractivity contribution in [2.24, 2.45) is 0 Å². The van der Waals surface area contributed by atoms with Gasteiger partial charge in [0.05, 0.1) is 0 Å². The zero-order valence-corrected chi connectivity index (χ0v) is 17.8. The topological polar surface area (TPSA) is 81.1 Å². The Bertz CT molecular complexity index is 846. The Balaban J connectivity index is 0.000000343. The van der Waals surface area contributed by atoms with E-state index in [4.69, 9.17) is 10.2 Å². The molecular formula is C24H30N2O4. The largest absolute Gasteiger partial charge is 0.478 e. The monoisotopic (exact) mass is 410 g/mol. The van der Waals surface area contributed by atoms with Gasteiger partial charge in [-0.3, -0.25) is 4.90 Å². The van der Waals surface area contributed by atoms with Crippen molar-refractivity contribution in [3.8, 4) is 0 Å². The molecule has 30 heavy (non-hydrogen) atoms. The summed E-state index contributed by atoms with van der Waals surface area (Å²) < 4.78 is 0. The van der Waals surface area contributed by atoms with Gasteiger partial charge in [0.15, 0.2) is 0 Å². The summed E-state index contributed by atoms with van der Waals surface area (Å²) >= 11 is 0. The predicted molar refractivity (Wildman–Crippen MR) is 119 cm³/mol. The zero-order chi connectivity index (χ0) is 22.1. The molecule has 1 aliphatic heterocycles. The molecule has 0 amide bonds. The van der Waals surface area contributed by atoms with Crippen LogP contribution in [0.2, 0.25) is 0 Å². The Morgan fingerprint density at radius 2 is 1.37 bits per heavy atom. The number of anilines is 1. The van der Waals surface area contributed by atoms with Crippen LogP contribution >= 0.6 is 0 Å². The normalized spacial score (nSPS) is 14.3. The van der Waals surface area contributed by atoms with E-state index in [0.29, 0.717) is 12.2 Å². The molecule has 160 valence electrons. The molecule has 0 spiro atoms. The summed E-state index contributed by atoms with van der Waals surface area (Å²) in [5.74, 6) is -2.51. The predicted octanol–water partition coefficient (Wildman–Crippen LogP) is 3.65. The minimum absolute atomic E-state index is 0.558. The SMILES string of the molecule is Cc1cc(C)c(CN2CCN(c3ccccc3)CC2)c(C)c1.O=C(O)/C=C\C(=O)O. The second kappa shape index (κ2) is 11.2. The van der Waals surface area contributed by atoms with Crippen LogP contribution in [0, 0.1) is 20.8 Å². The molecule has 2 N–H and O–H groups in total. The smallest absolute Gasteiger partial charge is 0.328 e. The van der Waals surface area contributed by atoms with E-state index in [-0.39, 0.29) is 0 Å². The van der Waals surface area contributed by atoms with Gasteiger partial charge >= 0.3 is 11.9 Å². The number of para-hydroxylation sites is 1. The van der Waals surface area contributed by atoms with E-state index in [0.717, 1.165) is 32.7 Å². The quantitative estimate of drug-likeness (QED) is 0.733. The molecule has 0 unspecified atom stereocenters. The maximum Gasteiger partial charge on any atom is 0.328 e. The second-order valence-electron chi connectivity index (χ2n) is 7.49. The summed E-state index contributed by atoms with van der Waals surface area (Å²) in [5, 5.41) is 15.6. The van der Waals surface area contributed by atoms with Crippen molar-refractivity contribution in [2.45, 2.75) is 27.3 Å². The van der Waals surface area contributed by atoms with Crippen molar-refractivity contribution in [1.82, 2.24) is 4.90 Å². The molecule has 6 nitrogen and oxygen atoms in total. The maximum atomic E-state index is 9.55. The third-order valence-corrected chi connectivity index (χ3v) is 5.08. The van der Waals surface area contributed by atoms with E-state index in [9.17, 15) is 9.59 Å². The highest BCUT2D eigenvalue weighted by Crippen LogP contribution is 2.21. The highest BCUT2D eigenvalue weighted by atomic mass is 16.4. The van der Waals surface area contributed by atoms with Crippen molar-refractivity contribution in [2.75, 3.05) is 31.1 Å². The number of nitrogens with zero attached hydrogens (tertiary/aromatic N) is 2. The number of aliphatic carboxylic acids is 2. The van der Waals surface area contributed by atoms with Crippen LogP contribution in [0.15, 0.2) is 54.6 Å². The van der Waals surface area contributed by atoms with E-state index in [1.807, 2.05) is 0 Å². The van der Waals surface area contributed by atoms with Gasteiger partial charge in [-0.1, -0.05) is 35.9 Å². The van der Waals surface area contributed by atoms with E-state index in [1.54, 1.807) is 0 Å². The molecule has 0 saturated carbocycles. The van der Waals surface area contributed by atoms with E-state index in [1.165, 1.54) is 27.9 Å². The minimum atomic E-state index is -1.26. The lowest BCUT2D eigenvalue weighted by Crippen LogP contribution is -2.46. The Kier molecular flexibility index (Phi) is 8.62. The molecule has 1 saturated heterocycles. The average molecular weight is 411 g/mol. The number of carboxylic acid groups (broad SMARTS) is 2. The van der Waals surface area contributed by atoms with Gasteiger partial charge in [0.25, 0.3) is 0 Å². The number of piperazine rings is 1. The fraction of sp³-hybridized carbons (Fsp3) is 0.333. The van der Waals surface area contributed by atoms with Crippen molar-refractivity contribution in [3.05, 3.63) is 76.9 Å². The van der Waals surface area contributed by atoms with Crippen LogP contribution < -0.4 is 4.90 Å². The van der Waals surface area contributed by atoms with Gasteiger partial charge in [-0.2, -0.15) is 0 Å². The molecule has 2 aromatic rings. The average Bonchev–Trinajstić information content (AvgIpc) is 2.71. The molecular weight excluding hydrogens is 380 g/mol. The lowest BCUT2D eigenvalue weighted by molar-refractivity contribution is -0.134. The van der Waals surface area contributed by atoms with Crippen molar-refractivity contribution in [1.29, 1.82) is 0 Å². The summed E-state index contributed by atoms with van der Waals surface area (Å²) in [7, 11) is 0. The summed E-state index contributed by atoms with van der Waals surface area (Å²) in [6, 6.07) is 15.4. The van der Waals surface area contributed by atoms with Crippen LogP contribution in [-0.4, -0.2) is 53.2 Å². The first-order chi connectivity index (χ1) is 14.3. The van der Waals surface area contributed by atoms with E-state index < -0.39 is 11.9 Å². The lowest BCUT2D eigenvalue weighted by atomic mass is 9.99. The van der Waals surface area contributed by atoms with Crippen molar-refractivity contribution < 1.29 is 19.8 Å². The minimum Gasteiger partial charge on any atom is -0.478 e. The molecule has 2 aromatic carbocycles. The number of benzene rings is 2. The molecule has 0 aromatic heterocycles. The molecule has 0 aliphatic carbocycles. The first-order valence-electron chi connectivity index (χ1n) is 9.99. The van der Waals surface area contributed by atoms with Crippen LogP contribution in [0.4, 0.5) is 5.69 Å². The van der Waals surface area contributed by atoms with Gasteiger partial charge < -0.3 is 15.1 Å². The Morgan fingerprint density at radius 3 is 1.83 bits per heavy atom. The van der Waals surface area contributed by atoms with Crippen LogP contribution in [0.5, 0.6) is 0 Å². The summed E-state index contributed by atoms with van der Waals surface area (Å²) in [4.78, 5) is 24.2. The first kappa shape index (κ1) is 23.2. The van der Waals surface area contributed by atoms with Gasteiger partial charge in [-0.25, -0.2) is 9.59 Å². The van der Waals surface area contributed by atoms with Crippen LogP contribution in [-0.2, 0) is 16.1 Å². The molecule has 0 bridgehead atoms. The molecule has 6 heteroatoms. The molecule has 3 rings (SSSR count). The fourth-order valence-electron chi connectivity index (χ4n) is 3.63. The summed E-state index contributed by atoms with van der Waals surface area (Å²) in [6.45, 7) is 12.3. The number of rotatable bonds is 5. The number of hydrogen-bond donors (Lipinski definition) is 2. The van der Waals surface area contributed by atoms with Gasteiger partial charge in [0.1, 0.15) is 0 Å². The van der Waals surface area contributed by atoms with E-state index in [2.05, 4.69) is 73.0 Å². The highest BCUT2D eigenvalue weighted by Gasteiger charge is 2.18. The summed E-state index contributed by atoms with van der Waals surface area (Å²) in [5.41, 5.74) is 7.10. The maximum absolute atomic E-state index is 9.55. The van der Waals surface area contributed by atoms with Crippen LogP contribution in [0.3, 0.4) is 0 Å².